The first kappa shape index (κ1) is 16.1. The predicted molar refractivity (Wildman–Crippen MR) is 75.6 cm³/mol. The smallest absolute Gasteiger partial charge is 0.269 e. The number of aliphatic hydroxyl groups excluding tert-OH is 2. The molecule has 1 unspecified atom stereocenters. The number of benzene rings is 1. The van der Waals surface area contributed by atoms with Crippen molar-refractivity contribution in [3.8, 4) is 5.75 Å². The molecule has 1 atom stereocenters. The molecule has 6 nitrogen and oxygen atoms in total. The molecule has 0 aromatic heterocycles. The molecule has 6 heteroatoms. The molecule has 1 rings (SSSR count). The lowest BCUT2D eigenvalue weighted by Gasteiger charge is -2.26. The molecule has 0 aliphatic carbocycles. The molecule has 0 saturated heterocycles. The van der Waals surface area contributed by atoms with E-state index in [0.717, 1.165) is 11.3 Å². The third-order valence-electron chi connectivity index (χ3n) is 2.90. The van der Waals surface area contributed by atoms with E-state index in [0.29, 0.717) is 0 Å². The van der Waals surface area contributed by atoms with Crippen LogP contribution in [0.2, 0.25) is 0 Å². The van der Waals surface area contributed by atoms with Gasteiger partial charge in [0.15, 0.2) is 0 Å². The van der Waals surface area contributed by atoms with E-state index in [2.05, 4.69) is 10.5 Å². The first-order valence-corrected chi connectivity index (χ1v) is 6.16. The Hall–Kier alpha value is -1.92. The van der Waals surface area contributed by atoms with E-state index >= 15 is 0 Å². The Bertz CT molecular complexity index is 469. The number of carbonyl (C=O) groups is 1. The molecular weight excluding hydrogens is 260 g/mol. The largest absolute Gasteiger partial charge is 0.497 e. The number of hydrazone groups is 1. The molecule has 20 heavy (non-hydrogen) atoms. The minimum atomic E-state index is -1.33. The number of rotatable bonds is 6. The van der Waals surface area contributed by atoms with Gasteiger partial charge in [-0.25, -0.2) is 5.43 Å². The summed E-state index contributed by atoms with van der Waals surface area (Å²) in [5.74, 6) is 0.0696. The fraction of sp³-hybridized carbons (Fsp3) is 0.429. The van der Waals surface area contributed by atoms with Gasteiger partial charge in [0.05, 0.1) is 19.9 Å². The SMILES string of the molecule is COc1ccc(/C=N/NC(=O)C(O)C(C)(C)CO)cc1. The number of carbonyl (C=O) groups excluding carboxylic acids is 1. The summed E-state index contributed by atoms with van der Waals surface area (Å²) in [6, 6.07) is 7.10. The lowest BCUT2D eigenvalue weighted by molar-refractivity contribution is -0.137. The van der Waals surface area contributed by atoms with Crippen molar-refractivity contribution >= 4 is 12.1 Å². The average molecular weight is 280 g/mol. The molecule has 1 aromatic carbocycles. The zero-order valence-corrected chi connectivity index (χ0v) is 11.8. The summed E-state index contributed by atoms with van der Waals surface area (Å²) in [7, 11) is 1.58. The topological polar surface area (TPSA) is 91.2 Å². The van der Waals surface area contributed by atoms with Gasteiger partial charge in [0.25, 0.3) is 5.91 Å². The highest BCUT2D eigenvalue weighted by Gasteiger charge is 2.32. The van der Waals surface area contributed by atoms with E-state index < -0.39 is 17.4 Å². The quantitative estimate of drug-likeness (QED) is 0.523. The summed E-state index contributed by atoms with van der Waals surface area (Å²) in [4.78, 5) is 11.6. The van der Waals surface area contributed by atoms with Crippen LogP contribution in [0.4, 0.5) is 0 Å². The second-order valence-corrected chi connectivity index (χ2v) is 5.06. The number of amides is 1. The van der Waals surface area contributed by atoms with Crippen molar-refractivity contribution in [2.45, 2.75) is 20.0 Å². The Balaban J connectivity index is 2.57. The Morgan fingerprint density at radius 3 is 2.55 bits per heavy atom. The molecule has 1 aromatic rings. The summed E-state index contributed by atoms with van der Waals surface area (Å²) in [6.45, 7) is 2.87. The van der Waals surface area contributed by atoms with Crippen molar-refractivity contribution in [1.29, 1.82) is 0 Å². The molecule has 0 fully saturated rings. The number of nitrogens with zero attached hydrogens (tertiary/aromatic N) is 1. The van der Waals surface area contributed by atoms with E-state index in [1.54, 1.807) is 45.2 Å². The van der Waals surface area contributed by atoms with E-state index in [-0.39, 0.29) is 6.61 Å². The molecule has 1 amide bonds. The van der Waals surface area contributed by atoms with Crippen molar-refractivity contribution < 1.29 is 19.7 Å². The van der Waals surface area contributed by atoms with Crippen LogP contribution in [0.15, 0.2) is 29.4 Å². The standard InChI is InChI=1S/C14H20N2O4/c1-14(2,9-17)12(18)13(19)16-15-8-10-4-6-11(20-3)7-5-10/h4-8,12,17-18H,9H2,1-3H3,(H,16,19)/b15-8+. The van der Waals surface area contributed by atoms with Crippen LogP contribution in [-0.2, 0) is 4.79 Å². The maximum atomic E-state index is 11.6. The van der Waals surface area contributed by atoms with Crippen molar-refractivity contribution in [2.24, 2.45) is 10.5 Å². The third-order valence-corrected chi connectivity index (χ3v) is 2.90. The maximum absolute atomic E-state index is 11.6. The van der Waals surface area contributed by atoms with Crippen LogP contribution in [0.3, 0.4) is 0 Å². The average Bonchev–Trinajstić information content (AvgIpc) is 2.47. The van der Waals surface area contributed by atoms with Gasteiger partial charge in [-0.05, 0) is 29.8 Å². The molecule has 110 valence electrons. The highest BCUT2D eigenvalue weighted by molar-refractivity contribution is 5.84. The zero-order chi connectivity index (χ0) is 15.2. The fourth-order valence-corrected chi connectivity index (χ4v) is 1.36. The molecule has 0 aliphatic rings. The van der Waals surface area contributed by atoms with Gasteiger partial charge in [0, 0.05) is 5.41 Å². The van der Waals surface area contributed by atoms with E-state index in [4.69, 9.17) is 9.84 Å². The summed E-state index contributed by atoms with van der Waals surface area (Å²) in [5.41, 5.74) is 2.10. The number of methoxy groups -OCH3 is 1. The van der Waals surface area contributed by atoms with Crippen LogP contribution in [0.25, 0.3) is 0 Å². The van der Waals surface area contributed by atoms with Crippen LogP contribution in [-0.4, -0.2) is 42.2 Å². The van der Waals surface area contributed by atoms with Crippen LogP contribution >= 0.6 is 0 Å². The van der Waals surface area contributed by atoms with Gasteiger partial charge in [-0.1, -0.05) is 13.8 Å². The summed E-state index contributed by atoms with van der Waals surface area (Å²) in [6.07, 6.45) is 0.122. The van der Waals surface area contributed by atoms with Gasteiger partial charge in [0.1, 0.15) is 11.9 Å². The molecule has 0 saturated carbocycles. The number of hydrogen-bond acceptors (Lipinski definition) is 5. The Kier molecular flexibility index (Phi) is 5.66. The van der Waals surface area contributed by atoms with Gasteiger partial charge < -0.3 is 14.9 Å². The van der Waals surface area contributed by atoms with Gasteiger partial charge in [-0.3, -0.25) is 4.79 Å². The monoisotopic (exact) mass is 280 g/mol. The molecule has 0 heterocycles. The Morgan fingerprint density at radius 1 is 1.45 bits per heavy atom. The Morgan fingerprint density at radius 2 is 2.05 bits per heavy atom. The van der Waals surface area contributed by atoms with Crippen LogP contribution < -0.4 is 10.2 Å². The molecular formula is C14H20N2O4. The number of hydrogen-bond donors (Lipinski definition) is 3. The van der Waals surface area contributed by atoms with Crippen molar-refractivity contribution in [2.75, 3.05) is 13.7 Å². The molecule has 0 aliphatic heterocycles. The first-order valence-electron chi connectivity index (χ1n) is 6.16. The maximum Gasteiger partial charge on any atom is 0.269 e. The highest BCUT2D eigenvalue weighted by atomic mass is 16.5. The van der Waals surface area contributed by atoms with Crippen LogP contribution in [0.1, 0.15) is 19.4 Å². The van der Waals surface area contributed by atoms with Gasteiger partial charge >= 0.3 is 0 Å². The second-order valence-electron chi connectivity index (χ2n) is 5.06. The van der Waals surface area contributed by atoms with Crippen molar-refractivity contribution in [1.82, 2.24) is 5.43 Å². The summed E-state index contributed by atoms with van der Waals surface area (Å²) >= 11 is 0. The van der Waals surface area contributed by atoms with Gasteiger partial charge in [-0.15, -0.1) is 0 Å². The van der Waals surface area contributed by atoms with Crippen LogP contribution in [0.5, 0.6) is 5.75 Å². The highest BCUT2D eigenvalue weighted by Crippen LogP contribution is 2.19. The minimum absolute atomic E-state index is 0.302. The molecule has 3 N–H and O–H groups in total. The number of ether oxygens (including phenoxy) is 1. The lowest BCUT2D eigenvalue weighted by Crippen LogP contribution is -2.44. The minimum Gasteiger partial charge on any atom is -0.497 e. The zero-order valence-electron chi connectivity index (χ0n) is 11.8. The van der Waals surface area contributed by atoms with Gasteiger partial charge in [0.2, 0.25) is 0 Å². The lowest BCUT2D eigenvalue weighted by atomic mass is 9.87. The third kappa shape index (κ3) is 4.32. The second kappa shape index (κ2) is 7.02. The number of aliphatic hydroxyl groups is 2. The summed E-state index contributed by atoms with van der Waals surface area (Å²) < 4.78 is 5.02. The van der Waals surface area contributed by atoms with E-state index in [1.807, 2.05) is 0 Å². The van der Waals surface area contributed by atoms with Crippen molar-refractivity contribution in [3.63, 3.8) is 0 Å². The first-order chi connectivity index (χ1) is 9.40. The van der Waals surface area contributed by atoms with Crippen molar-refractivity contribution in [3.05, 3.63) is 29.8 Å². The normalized spacial score (nSPS) is 13.2. The number of nitrogens with one attached hydrogen (secondary N) is 1. The Labute approximate surface area is 118 Å². The summed E-state index contributed by atoms with van der Waals surface area (Å²) in [5, 5.41) is 22.6. The van der Waals surface area contributed by atoms with E-state index in [9.17, 15) is 9.90 Å². The van der Waals surface area contributed by atoms with Crippen LogP contribution in [0, 0.1) is 5.41 Å². The van der Waals surface area contributed by atoms with Gasteiger partial charge in [-0.2, -0.15) is 5.10 Å². The molecule has 0 bridgehead atoms. The van der Waals surface area contributed by atoms with E-state index in [1.165, 1.54) is 6.21 Å². The fourth-order valence-electron chi connectivity index (χ4n) is 1.36. The predicted octanol–water partition coefficient (Wildman–Crippen LogP) is 0.525. The molecule has 0 spiro atoms. The molecule has 0 radical (unpaired) electrons.